The van der Waals surface area contributed by atoms with Crippen LogP contribution in [0.4, 0.5) is 0 Å². The molecule has 1 aromatic heterocycles. The first kappa shape index (κ1) is 13.1. The number of thiophene rings is 1. The number of benzene rings is 1. The summed E-state index contributed by atoms with van der Waals surface area (Å²) in [6.45, 7) is 4.75. The average Bonchev–Trinajstić information content (AvgIpc) is 2.78. The van der Waals surface area contributed by atoms with Gasteiger partial charge in [0.05, 0.1) is 12.6 Å². The Balaban J connectivity index is 2.33. The van der Waals surface area contributed by atoms with Crippen LogP contribution in [-0.2, 0) is 0 Å². The number of hydrogen-bond acceptors (Lipinski definition) is 4. The van der Waals surface area contributed by atoms with E-state index in [1.54, 1.807) is 11.3 Å². The van der Waals surface area contributed by atoms with Gasteiger partial charge in [0.2, 0.25) is 0 Å². The maximum atomic E-state index is 5.70. The normalized spacial score (nSPS) is 12.4. The Bertz CT molecular complexity index is 510. The molecule has 0 radical (unpaired) electrons. The second-order valence-electron chi connectivity index (χ2n) is 4.07. The Morgan fingerprint density at radius 3 is 2.83 bits per heavy atom. The highest BCUT2D eigenvalue weighted by atomic mass is 32.1. The summed E-state index contributed by atoms with van der Waals surface area (Å²) >= 11 is 1.71. The summed E-state index contributed by atoms with van der Waals surface area (Å²) in [6, 6.07) is 10.2. The van der Waals surface area contributed by atoms with Crippen LogP contribution < -0.4 is 16.0 Å². The van der Waals surface area contributed by atoms with E-state index in [-0.39, 0.29) is 6.04 Å². The van der Waals surface area contributed by atoms with Gasteiger partial charge in [-0.3, -0.25) is 5.84 Å². The second-order valence-corrected chi connectivity index (χ2v) is 5.02. The Labute approximate surface area is 112 Å². The Morgan fingerprint density at radius 2 is 2.22 bits per heavy atom. The highest BCUT2D eigenvalue weighted by Gasteiger charge is 2.16. The molecule has 0 saturated carbocycles. The lowest BCUT2D eigenvalue weighted by atomic mass is 10.0. The first-order chi connectivity index (χ1) is 8.76. The van der Waals surface area contributed by atoms with Crippen LogP contribution in [-0.4, -0.2) is 6.61 Å². The molecule has 4 heteroatoms. The first-order valence-corrected chi connectivity index (χ1v) is 6.87. The molecule has 0 amide bonds. The van der Waals surface area contributed by atoms with Crippen LogP contribution in [0.15, 0.2) is 35.7 Å². The van der Waals surface area contributed by atoms with E-state index in [1.165, 1.54) is 10.4 Å². The quantitative estimate of drug-likeness (QED) is 0.643. The number of nitrogens with two attached hydrogens (primary N) is 1. The number of hydrogen-bond donors (Lipinski definition) is 2. The number of nitrogens with one attached hydrogen (secondary N) is 1. The van der Waals surface area contributed by atoms with Gasteiger partial charge >= 0.3 is 0 Å². The van der Waals surface area contributed by atoms with Gasteiger partial charge in [0.15, 0.2) is 0 Å². The minimum Gasteiger partial charge on any atom is -0.494 e. The van der Waals surface area contributed by atoms with E-state index in [4.69, 9.17) is 10.6 Å². The van der Waals surface area contributed by atoms with Crippen LogP contribution in [0, 0.1) is 6.92 Å². The molecule has 0 aliphatic carbocycles. The largest absolute Gasteiger partial charge is 0.494 e. The van der Waals surface area contributed by atoms with E-state index in [0.29, 0.717) is 6.61 Å². The van der Waals surface area contributed by atoms with Crippen molar-refractivity contribution in [2.45, 2.75) is 19.9 Å². The summed E-state index contributed by atoms with van der Waals surface area (Å²) in [6.07, 6.45) is 0. The minimum atomic E-state index is 0.0189. The third-order valence-electron chi connectivity index (χ3n) is 2.83. The topological polar surface area (TPSA) is 47.3 Å². The predicted molar refractivity (Wildman–Crippen MR) is 75.8 cm³/mol. The van der Waals surface area contributed by atoms with E-state index in [0.717, 1.165) is 11.3 Å². The van der Waals surface area contributed by atoms with Crippen LogP contribution in [0.3, 0.4) is 0 Å². The van der Waals surface area contributed by atoms with Crippen molar-refractivity contribution in [3.8, 4) is 5.75 Å². The lowest BCUT2D eigenvalue weighted by Crippen LogP contribution is -2.28. The number of rotatable bonds is 5. The van der Waals surface area contributed by atoms with Crippen molar-refractivity contribution in [2.24, 2.45) is 5.84 Å². The molecule has 0 fully saturated rings. The van der Waals surface area contributed by atoms with Crippen LogP contribution in [0.1, 0.15) is 29.0 Å². The molecular formula is C14H18N2OS. The third kappa shape index (κ3) is 2.72. The van der Waals surface area contributed by atoms with Gasteiger partial charge in [-0.25, -0.2) is 5.43 Å². The molecule has 0 aliphatic rings. The summed E-state index contributed by atoms with van der Waals surface area (Å²) in [5.41, 5.74) is 5.26. The van der Waals surface area contributed by atoms with Crippen molar-refractivity contribution < 1.29 is 4.74 Å². The van der Waals surface area contributed by atoms with Crippen molar-refractivity contribution in [1.29, 1.82) is 0 Å². The van der Waals surface area contributed by atoms with Gasteiger partial charge in [-0.2, -0.15) is 0 Å². The molecule has 1 atom stereocenters. The first-order valence-electron chi connectivity index (χ1n) is 5.99. The van der Waals surface area contributed by atoms with Gasteiger partial charge < -0.3 is 4.74 Å². The summed E-state index contributed by atoms with van der Waals surface area (Å²) in [7, 11) is 0. The molecule has 0 bridgehead atoms. The zero-order chi connectivity index (χ0) is 13.0. The van der Waals surface area contributed by atoms with Crippen molar-refractivity contribution >= 4 is 11.3 Å². The van der Waals surface area contributed by atoms with Crippen molar-refractivity contribution in [1.82, 2.24) is 5.43 Å². The Hall–Kier alpha value is -1.36. The molecular weight excluding hydrogens is 244 g/mol. The van der Waals surface area contributed by atoms with Gasteiger partial charge in [0, 0.05) is 4.88 Å². The van der Waals surface area contributed by atoms with Gasteiger partial charge in [-0.15, -0.1) is 11.3 Å². The summed E-state index contributed by atoms with van der Waals surface area (Å²) < 4.78 is 5.52. The molecule has 1 heterocycles. The van der Waals surface area contributed by atoms with Crippen molar-refractivity contribution in [3.63, 3.8) is 0 Å². The average molecular weight is 262 g/mol. The molecule has 18 heavy (non-hydrogen) atoms. The van der Waals surface area contributed by atoms with E-state index in [9.17, 15) is 0 Å². The Morgan fingerprint density at radius 1 is 1.39 bits per heavy atom. The van der Waals surface area contributed by atoms with Crippen LogP contribution in [0.5, 0.6) is 5.75 Å². The maximum absolute atomic E-state index is 5.70. The minimum absolute atomic E-state index is 0.0189. The van der Waals surface area contributed by atoms with E-state index < -0.39 is 0 Å². The van der Waals surface area contributed by atoms with Crippen molar-refractivity contribution in [3.05, 3.63) is 51.7 Å². The summed E-state index contributed by atoms with van der Waals surface area (Å²) in [4.78, 5) is 1.24. The molecule has 1 aromatic carbocycles. The number of aryl methyl sites for hydroxylation is 1. The summed E-state index contributed by atoms with van der Waals surface area (Å²) in [5.74, 6) is 6.58. The second kappa shape index (κ2) is 6.00. The molecule has 2 rings (SSSR count). The highest BCUT2D eigenvalue weighted by Crippen LogP contribution is 2.30. The van der Waals surface area contributed by atoms with Gasteiger partial charge in [-0.05, 0) is 48.6 Å². The Kier molecular flexibility index (Phi) is 4.36. The van der Waals surface area contributed by atoms with E-state index >= 15 is 0 Å². The lowest BCUT2D eigenvalue weighted by Gasteiger charge is -2.17. The zero-order valence-corrected chi connectivity index (χ0v) is 11.5. The smallest absolute Gasteiger partial charge is 0.119 e. The van der Waals surface area contributed by atoms with Gasteiger partial charge in [0.1, 0.15) is 5.75 Å². The zero-order valence-electron chi connectivity index (χ0n) is 10.6. The van der Waals surface area contributed by atoms with Crippen LogP contribution in [0.25, 0.3) is 0 Å². The van der Waals surface area contributed by atoms with E-state index in [1.807, 2.05) is 25.1 Å². The lowest BCUT2D eigenvalue weighted by molar-refractivity contribution is 0.339. The monoisotopic (exact) mass is 262 g/mol. The predicted octanol–water partition coefficient (Wildman–Crippen LogP) is 3.01. The fourth-order valence-corrected chi connectivity index (χ4v) is 2.97. The standard InChI is InChI=1S/C14H18N2OS/c1-3-17-12-6-4-5-11(9-12)13(16-15)14-10(2)7-8-18-14/h4-9,13,16H,3,15H2,1-2H3. The molecule has 1 unspecified atom stereocenters. The number of hydrazine groups is 1. The molecule has 0 saturated heterocycles. The van der Waals surface area contributed by atoms with Crippen molar-refractivity contribution in [2.75, 3.05) is 6.61 Å². The molecule has 2 aromatic rings. The fourth-order valence-electron chi connectivity index (χ4n) is 1.95. The fraction of sp³-hybridized carbons (Fsp3) is 0.286. The van der Waals surface area contributed by atoms with Crippen LogP contribution >= 0.6 is 11.3 Å². The number of ether oxygens (including phenoxy) is 1. The van der Waals surface area contributed by atoms with E-state index in [2.05, 4.69) is 29.9 Å². The van der Waals surface area contributed by atoms with Crippen LogP contribution in [0.2, 0.25) is 0 Å². The van der Waals surface area contributed by atoms with Gasteiger partial charge in [-0.1, -0.05) is 12.1 Å². The van der Waals surface area contributed by atoms with Gasteiger partial charge in [0.25, 0.3) is 0 Å². The molecule has 0 spiro atoms. The molecule has 0 aliphatic heterocycles. The highest BCUT2D eigenvalue weighted by molar-refractivity contribution is 7.10. The maximum Gasteiger partial charge on any atom is 0.119 e. The summed E-state index contributed by atoms with van der Waals surface area (Å²) in [5, 5.41) is 2.08. The third-order valence-corrected chi connectivity index (χ3v) is 3.92. The SMILES string of the molecule is CCOc1cccc(C(NN)c2sccc2C)c1. The molecule has 3 nitrogen and oxygen atoms in total. The molecule has 3 N–H and O–H groups in total. The molecule has 96 valence electrons.